The van der Waals surface area contributed by atoms with Gasteiger partial charge in [-0.15, -0.1) is 0 Å². The van der Waals surface area contributed by atoms with Gasteiger partial charge in [-0.05, 0) is 12.5 Å². The number of carbonyl (C=O) groups is 1. The van der Waals surface area contributed by atoms with Crippen LogP contribution in [0.2, 0.25) is 5.02 Å². The molecule has 1 aromatic rings. The SMILES string of the molecule is CCC1COCCN1C(=O)c1cc(NC)ncc1Cl. The summed E-state index contributed by atoms with van der Waals surface area (Å²) in [6.45, 7) is 3.81. The van der Waals surface area contributed by atoms with Gasteiger partial charge in [-0.25, -0.2) is 4.98 Å². The van der Waals surface area contributed by atoms with Gasteiger partial charge >= 0.3 is 0 Å². The van der Waals surface area contributed by atoms with Crippen molar-refractivity contribution in [2.45, 2.75) is 19.4 Å². The van der Waals surface area contributed by atoms with Gasteiger partial charge in [0.15, 0.2) is 0 Å². The summed E-state index contributed by atoms with van der Waals surface area (Å²) in [6, 6.07) is 1.80. The highest BCUT2D eigenvalue weighted by atomic mass is 35.5. The van der Waals surface area contributed by atoms with Crippen molar-refractivity contribution in [1.82, 2.24) is 9.88 Å². The number of amides is 1. The molecule has 1 amide bonds. The molecule has 2 rings (SSSR count). The van der Waals surface area contributed by atoms with Gasteiger partial charge in [0.05, 0.1) is 29.8 Å². The Hall–Kier alpha value is -1.33. The fourth-order valence-electron chi connectivity index (χ4n) is 2.15. The monoisotopic (exact) mass is 283 g/mol. The van der Waals surface area contributed by atoms with Crippen LogP contribution >= 0.6 is 11.6 Å². The molecule has 0 aromatic carbocycles. The lowest BCUT2D eigenvalue weighted by Crippen LogP contribution is -2.48. The summed E-state index contributed by atoms with van der Waals surface area (Å²) in [5.41, 5.74) is 0.487. The van der Waals surface area contributed by atoms with E-state index >= 15 is 0 Å². The molecular formula is C13H18ClN3O2. The van der Waals surface area contributed by atoms with Crippen LogP contribution in [0, 0.1) is 0 Å². The zero-order chi connectivity index (χ0) is 13.8. The minimum atomic E-state index is -0.0564. The summed E-state index contributed by atoms with van der Waals surface area (Å²) >= 11 is 6.09. The number of halogens is 1. The second-order valence-electron chi connectivity index (χ2n) is 4.43. The number of hydrogen-bond acceptors (Lipinski definition) is 4. The largest absolute Gasteiger partial charge is 0.377 e. The van der Waals surface area contributed by atoms with Crippen LogP contribution in [0.15, 0.2) is 12.3 Å². The number of rotatable bonds is 3. The van der Waals surface area contributed by atoms with E-state index in [1.165, 1.54) is 6.20 Å². The summed E-state index contributed by atoms with van der Waals surface area (Å²) in [6.07, 6.45) is 2.37. The molecule has 0 radical (unpaired) electrons. The van der Waals surface area contributed by atoms with Crippen LogP contribution in [-0.2, 0) is 4.74 Å². The Kier molecular flexibility index (Phi) is 4.61. The summed E-state index contributed by atoms with van der Waals surface area (Å²) < 4.78 is 5.41. The van der Waals surface area contributed by atoms with Crippen molar-refractivity contribution in [2.24, 2.45) is 0 Å². The average Bonchev–Trinajstić information content (AvgIpc) is 2.47. The molecule has 2 heterocycles. The van der Waals surface area contributed by atoms with Gasteiger partial charge < -0.3 is 15.0 Å². The number of morpholine rings is 1. The Bertz CT molecular complexity index is 467. The fraction of sp³-hybridized carbons (Fsp3) is 0.538. The summed E-state index contributed by atoms with van der Waals surface area (Å²) in [5.74, 6) is 0.577. The van der Waals surface area contributed by atoms with Gasteiger partial charge in [0.2, 0.25) is 0 Å². The molecule has 19 heavy (non-hydrogen) atoms. The van der Waals surface area contributed by atoms with Crippen molar-refractivity contribution >= 4 is 23.3 Å². The minimum absolute atomic E-state index is 0.0564. The zero-order valence-corrected chi connectivity index (χ0v) is 11.9. The van der Waals surface area contributed by atoms with Crippen molar-refractivity contribution in [3.05, 3.63) is 22.8 Å². The Morgan fingerprint density at radius 3 is 3.16 bits per heavy atom. The topological polar surface area (TPSA) is 54.5 Å². The number of ether oxygens (including phenoxy) is 1. The molecule has 1 atom stereocenters. The Balaban J connectivity index is 2.27. The molecule has 0 aliphatic carbocycles. The number of carbonyl (C=O) groups excluding carboxylic acids is 1. The summed E-state index contributed by atoms with van der Waals surface area (Å²) in [5, 5.41) is 3.29. The fourth-order valence-corrected chi connectivity index (χ4v) is 2.34. The van der Waals surface area contributed by atoms with Gasteiger partial charge in [0, 0.05) is 19.8 Å². The molecule has 1 aliphatic rings. The third kappa shape index (κ3) is 2.98. The van der Waals surface area contributed by atoms with E-state index in [2.05, 4.69) is 10.3 Å². The van der Waals surface area contributed by atoms with Crippen molar-refractivity contribution in [2.75, 3.05) is 32.1 Å². The van der Waals surface area contributed by atoms with E-state index in [-0.39, 0.29) is 11.9 Å². The third-order valence-electron chi connectivity index (χ3n) is 3.30. The van der Waals surface area contributed by atoms with E-state index in [0.29, 0.717) is 36.2 Å². The molecular weight excluding hydrogens is 266 g/mol. The highest BCUT2D eigenvalue weighted by Gasteiger charge is 2.28. The van der Waals surface area contributed by atoms with E-state index in [9.17, 15) is 4.79 Å². The number of pyridine rings is 1. The normalized spacial score (nSPS) is 19.3. The molecule has 0 bridgehead atoms. The van der Waals surface area contributed by atoms with Crippen LogP contribution in [0.25, 0.3) is 0 Å². The van der Waals surface area contributed by atoms with Crippen LogP contribution in [0.4, 0.5) is 5.82 Å². The predicted octanol–water partition coefficient (Wildman–Crippen LogP) is 2.03. The lowest BCUT2D eigenvalue weighted by Gasteiger charge is -2.35. The molecule has 1 aromatic heterocycles. The van der Waals surface area contributed by atoms with Crippen LogP contribution in [-0.4, -0.2) is 48.6 Å². The maximum absolute atomic E-state index is 12.6. The van der Waals surface area contributed by atoms with Crippen molar-refractivity contribution in [1.29, 1.82) is 0 Å². The second-order valence-corrected chi connectivity index (χ2v) is 4.84. The van der Waals surface area contributed by atoms with Gasteiger partial charge in [-0.1, -0.05) is 18.5 Å². The highest BCUT2D eigenvalue weighted by molar-refractivity contribution is 6.33. The van der Waals surface area contributed by atoms with Gasteiger partial charge in [0.25, 0.3) is 5.91 Å². The number of hydrogen-bond donors (Lipinski definition) is 1. The minimum Gasteiger partial charge on any atom is -0.377 e. The van der Waals surface area contributed by atoms with Crippen molar-refractivity contribution < 1.29 is 9.53 Å². The molecule has 1 aliphatic heterocycles. The molecule has 104 valence electrons. The zero-order valence-electron chi connectivity index (χ0n) is 11.1. The predicted molar refractivity (Wildman–Crippen MR) is 74.7 cm³/mol. The van der Waals surface area contributed by atoms with Crippen LogP contribution in [0.1, 0.15) is 23.7 Å². The lowest BCUT2D eigenvalue weighted by molar-refractivity contribution is -0.00279. The van der Waals surface area contributed by atoms with Crippen molar-refractivity contribution in [3.63, 3.8) is 0 Å². The number of nitrogens with zero attached hydrogens (tertiary/aromatic N) is 2. The Labute approximate surface area is 117 Å². The molecule has 1 unspecified atom stereocenters. The first kappa shape index (κ1) is 14.1. The number of anilines is 1. The van der Waals surface area contributed by atoms with Crippen LogP contribution in [0.5, 0.6) is 0 Å². The van der Waals surface area contributed by atoms with Crippen molar-refractivity contribution in [3.8, 4) is 0 Å². The average molecular weight is 284 g/mol. The van der Waals surface area contributed by atoms with Crippen LogP contribution in [0.3, 0.4) is 0 Å². The molecule has 1 N–H and O–H groups in total. The smallest absolute Gasteiger partial charge is 0.255 e. The third-order valence-corrected chi connectivity index (χ3v) is 3.60. The Morgan fingerprint density at radius 2 is 2.47 bits per heavy atom. The quantitative estimate of drug-likeness (QED) is 0.922. The van der Waals surface area contributed by atoms with E-state index in [4.69, 9.17) is 16.3 Å². The van der Waals surface area contributed by atoms with Gasteiger partial charge in [-0.3, -0.25) is 4.79 Å². The Morgan fingerprint density at radius 1 is 1.68 bits per heavy atom. The summed E-state index contributed by atoms with van der Waals surface area (Å²) in [4.78, 5) is 18.5. The van der Waals surface area contributed by atoms with E-state index < -0.39 is 0 Å². The molecule has 6 heteroatoms. The number of nitrogens with one attached hydrogen (secondary N) is 1. The van der Waals surface area contributed by atoms with E-state index in [1.807, 2.05) is 11.8 Å². The molecule has 5 nitrogen and oxygen atoms in total. The van der Waals surface area contributed by atoms with E-state index in [0.717, 1.165) is 6.42 Å². The first-order valence-corrected chi connectivity index (χ1v) is 6.77. The molecule has 1 saturated heterocycles. The lowest BCUT2D eigenvalue weighted by atomic mass is 10.1. The van der Waals surface area contributed by atoms with Gasteiger partial charge in [-0.2, -0.15) is 0 Å². The maximum atomic E-state index is 12.6. The maximum Gasteiger partial charge on any atom is 0.255 e. The van der Waals surface area contributed by atoms with Gasteiger partial charge in [0.1, 0.15) is 5.82 Å². The highest BCUT2D eigenvalue weighted by Crippen LogP contribution is 2.22. The second kappa shape index (κ2) is 6.21. The van der Waals surface area contributed by atoms with E-state index in [1.54, 1.807) is 13.1 Å². The molecule has 1 fully saturated rings. The molecule has 0 spiro atoms. The summed E-state index contributed by atoms with van der Waals surface area (Å²) in [7, 11) is 1.76. The van der Waals surface area contributed by atoms with Crippen LogP contribution < -0.4 is 5.32 Å². The standard InChI is InChI=1S/C13H18ClN3O2/c1-3-9-8-19-5-4-17(9)13(18)10-6-12(15-2)16-7-11(10)14/h6-7,9H,3-5,8H2,1-2H3,(H,15,16). The first-order chi connectivity index (χ1) is 9.17. The molecule has 0 saturated carbocycles. The number of aromatic nitrogens is 1. The first-order valence-electron chi connectivity index (χ1n) is 6.39.